The fourth-order valence-corrected chi connectivity index (χ4v) is 1.96. The van der Waals surface area contributed by atoms with Crippen molar-refractivity contribution in [2.24, 2.45) is 0 Å². The summed E-state index contributed by atoms with van der Waals surface area (Å²) in [6, 6.07) is 12.4. The standard InChI is InChI=1S/C20H18O7/c1-13(21)11-25-19(23)15-3-7-17(8-4-15)27-18-9-5-16(6-10-18)20(24)26-12-14(2)22/h3-10H,11-12H2,1-2H3. The van der Waals surface area contributed by atoms with Crippen molar-refractivity contribution in [3.63, 3.8) is 0 Å². The third-order valence-corrected chi connectivity index (χ3v) is 3.23. The second kappa shape index (κ2) is 9.28. The molecule has 0 unspecified atom stereocenters. The smallest absolute Gasteiger partial charge is 0.338 e. The Kier molecular flexibility index (Phi) is 6.82. The zero-order valence-corrected chi connectivity index (χ0v) is 14.9. The van der Waals surface area contributed by atoms with Crippen LogP contribution in [-0.4, -0.2) is 36.7 Å². The van der Waals surface area contributed by atoms with E-state index in [1.165, 1.54) is 38.1 Å². The van der Waals surface area contributed by atoms with Crippen LogP contribution >= 0.6 is 0 Å². The maximum atomic E-state index is 11.7. The lowest BCUT2D eigenvalue weighted by Gasteiger charge is -2.08. The predicted molar refractivity (Wildman–Crippen MR) is 94.9 cm³/mol. The van der Waals surface area contributed by atoms with Crippen molar-refractivity contribution in [2.45, 2.75) is 13.8 Å². The van der Waals surface area contributed by atoms with E-state index in [0.717, 1.165) is 0 Å². The molecule has 2 rings (SSSR count). The first-order chi connectivity index (χ1) is 12.8. The third-order valence-electron chi connectivity index (χ3n) is 3.23. The zero-order valence-electron chi connectivity index (χ0n) is 14.9. The van der Waals surface area contributed by atoms with Crippen LogP contribution in [0.4, 0.5) is 0 Å². The summed E-state index contributed by atoms with van der Waals surface area (Å²) in [4.78, 5) is 45.1. The van der Waals surface area contributed by atoms with Crippen LogP contribution in [0.3, 0.4) is 0 Å². The fraction of sp³-hybridized carbons (Fsp3) is 0.200. The number of Topliss-reactive ketones (excluding diaryl/α,β-unsaturated/α-hetero) is 2. The van der Waals surface area contributed by atoms with E-state index in [4.69, 9.17) is 14.2 Å². The summed E-state index contributed by atoms with van der Waals surface area (Å²) in [5.74, 6) is -0.709. The summed E-state index contributed by atoms with van der Waals surface area (Å²) in [6.07, 6.45) is 0. The first-order valence-electron chi connectivity index (χ1n) is 8.06. The van der Waals surface area contributed by atoms with Gasteiger partial charge in [0.25, 0.3) is 0 Å². The summed E-state index contributed by atoms with van der Waals surface area (Å²) in [6.45, 7) is 2.13. The largest absolute Gasteiger partial charge is 0.457 e. The topological polar surface area (TPSA) is 96.0 Å². The van der Waals surface area contributed by atoms with E-state index < -0.39 is 11.9 Å². The molecule has 0 atom stereocenters. The second-order valence-corrected chi connectivity index (χ2v) is 5.71. The molecule has 0 spiro atoms. The highest BCUT2D eigenvalue weighted by Gasteiger charge is 2.10. The van der Waals surface area contributed by atoms with Crippen LogP contribution in [0.2, 0.25) is 0 Å². The number of ketones is 2. The Morgan fingerprint density at radius 3 is 1.26 bits per heavy atom. The van der Waals surface area contributed by atoms with Crippen LogP contribution in [0.15, 0.2) is 48.5 Å². The van der Waals surface area contributed by atoms with Gasteiger partial charge in [-0.15, -0.1) is 0 Å². The molecule has 2 aromatic carbocycles. The molecular formula is C20H18O7. The molecule has 0 saturated carbocycles. The SMILES string of the molecule is CC(=O)COC(=O)c1ccc(Oc2ccc(C(=O)OCC(C)=O)cc2)cc1. The van der Waals surface area contributed by atoms with Crippen LogP contribution in [0.5, 0.6) is 11.5 Å². The van der Waals surface area contributed by atoms with Gasteiger partial charge in [0.15, 0.2) is 11.6 Å². The van der Waals surface area contributed by atoms with Crippen LogP contribution in [0, 0.1) is 0 Å². The third kappa shape index (κ3) is 6.39. The maximum absolute atomic E-state index is 11.7. The quantitative estimate of drug-likeness (QED) is 0.659. The van der Waals surface area contributed by atoms with Crippen molar-refractivity contribution in [1.82, 2.24) is 0 Å². The van der Waals surface area contributed by atoms with E-state index in [1.54, 1.807) is 24.3 Å². The van der Waals surface area contributed by atoms with E-state index in [2.05, 4.69) is 0 Å². The minimum Gasteiger partial charge on any atom is -0.457 e. The fourth-order valence-electron chi connectivity index (χ4n) is 1.96. The lowest BCUT2D eigenvalue weighted by Crippen LogP contribution is -2.11. The summed E-state index contributed by atoms with van der Waals surface area (Å²) in [5.41, 5.74) is 0.597. The average Bonchev–Trinajstić information content (AvgIpc) is 2.65. The minimum absolute atomic E-state index is 0.239. The molecule has 0 N–H and O–H groups in total. The number of rotatable bonds is 8. The molecule has 0 aliphatic rings. The predicted octanol–water partition coefficient (Wildman–Crippen LogP) is 2.97. The molecule has 0 aliphatic heterocycles. The van der Waals surface area contributed by atoms with Gasteiger partial charge in [0.1, 0.15) is 24.7 Å². The van der Waals surface area contributed by atoms with E-state index in [-0.39, 0.29) is 24.8 Å². The van der Waals surface area contributed by atoms with Gasteiger partial charge in [-0.1, -0.05) is 0 Å². The van der Waals surface area contributed by atoms with E-state index in [0.29, 0.717) is 22.6 Å². The summed E-state index contributed by atoms with van der Waals surface area (Å²) < 4.78 is 15.3. The first kappa shape index (κ1) is 19.8. The molecule has 0 radical (unpaired) electrons. The minimum atomic E-state index is -0.592. The molecule has 7 nitrogen and oxygen atoms in total. The summed E-state index contributed by atoms with van der Waals surface area (Å²) in [5, 5.41) is 0. The van der Waals surface area contributed by atoms with Crippen molar-refractivity contribution in [3.8, 4) is 11.5 Å². The molecular weight excluding hydrogens is 352 g/mol. The van der Waals surface area contributed by atoms with Crippen molar-refractivity contribution in [2.75, 3.05) is 13.2 Å². The van der Waals surface area contributed by atoms with Gasteiger partial charge in [0.2, 0.25) is 0 Å². The molecule has 0 fully saturated rings. The summed E-state index contributed by atoms with van der Waals surface area (Å²) >= 11 is 0. The Morgan fingerprint density at radius 2 is 0.963 bits per heavy atom. The van der Waals surface area contributed by atoms with Gasteiger partial charge in [0, 0.05) is 0 Å². The Balaban J connectivity index is 1.95. The Labute approximate surface area is 155 Å². The first-order valence-corrected chi connectivity index (χ1v) is 8.06. The molecule has 0 heterocycles. The summed E-state index contributed by atoms with van der Waals surface area (Å²) in [7, 11) is 0. The van der Waals surface area contributed by atoms with Crippen molar-refractivity contribution >= 4 is 23.5 Å². The van der Waals surface area contributed by atoms with Gasteiger partial charge in [-0.3, -0.25) is 9.59 Å². The number of hydrogen-bond acceptors (Lipinski definition) is 7. The van der Waals surface area contributed by atoms with E-state index in [1.807, 2.05) is 0 Å². The molecule has 0 aliphatic carbocycles. The van der Waals surface area contributed by atoms with E-state index in [9.17, 15) is 19.2 Å². The van der Waals surface area contributed by atoms with Crippen LogP contribution in [-0.2, 0) is 19.1 Å². The molecule has 0 saturated heterocycles. The average molecular weight is 370 g/mol. The van der Waals surface area contributed by atoms with Crippen molar-refractivity contribution < 1.29 is 33.4 Å². The van der Waals surface area contributed by atoms with Crippen LogP contribution in [0.25, 0.3) is 0 Å². The number of ether oxygens (including phenoxy) is 3. The lowest BCUT2D eigenvalue weighted by molar-refractivity contribution is -0.120. The Hall–Kier alpha value is -3.48. The van der Waals surface area contributed by atoms with E-state index >= 15 is 0 Å². The van der Waals surface area contributed by atoms with Crippen LogP contribution in [0.1, 0.15) is 34.6 Å². The Bertz CT molecular complexity index is 764. The number of carbonyl (C=O) groups is 4. The number of hydrogen-bond donors (Lipinski definition) is 0. The van der Waals surface area contributed by atoms with Crippen LogP contribution < -0.4 is 4.74 Å². The maximum Gasteiger partial charge on any atom is 0.338 e. The number of carbonyl (C=O) groups excluding carboxylic acids is 4. The van der Waals surface area contributed by atoms with Gasteiger partial charge < -0.3 is 14.2 Å². The molecule has 7 heteroatoms. The van der Waals surface area contributed by atoms with Gasteiger partial charge in [-0.2, -0.15) is 0 Å². The normalized spacial score (nSPS) is 10.0. The lowest BCUT2D eigenvalue weighted by atomic mass is 10.2. The van der Waals surface area contributed by atoms with Gasteiger partial charge in [0.05, 0.1) is 11.1 Å². The van der Waals surface area contributed by atoms with Crippen molar-refractivity contribution in [1.29, 1.82) is 0 Å². The molecule has 0 bridgehead atoms. The molecule has 140 valence electrons. The highest BCUT2D eigenvalue weighted by molar-refractivity contribution is 5.92. The van der Waals surface area contributed by atoms with Gasteiger partial charge in [-0.05, 0) is 62.4 Å². The van der Waals surface area contributed by atoms with Crippen molar-refractivity contribution in [3.05, 3.63) is 59.7 Å². The number of esters is 2. The van der Waals surface area contributed by atoms with Gasteiger partial charge in [-0.25, -0.2) is 9.59 Å². The zero-order chi connectivity index (χ0) is 19.8. The highest BCUT2D eigenvalue weighted by Crippen LogP contribution is 2.22. The monoisotopic (exact) mass is 370 g/mol. The highest BCUT2D eigenvalue weighted by atomic mass is 16.5. The number of benzene rings is 2. The second-order valence-electron chi connectivity index (χ2n) is 5.71. The van der Waals surface area contributed by atoms with Gasteiger partial charge >= 0.3 is 11.9 Å². The molecule has 2 aromatic rings. The Morgan fingerprint density at radius 1 is 0.630 bits per heavy atom. The molecule has 27 heavy (non-hydrogen) atoms. The molecule has 0 amide bonds. The molecule has 0 aromatic heterocycles.